The van der Waals surface area contributed by atoms with Gasteiger partial charge in [-0.25, -0.2) is 4.79 Å². The second kappa shape index (κ2) is 10.3. The van der Waals surface area contributed by atoms with Gasteiger partial charge in [0.05, 0.1) is 30.0 Å². The Labute approximate surface area is 201 Å². The summed E-state index contributed by atoms with van der Waals surface area (Å²) in [5.41, 5.74) is -0.675. The average molecular weight is 522 g/mol. The number of anilines is 1. The van der Waals surface area contributed by atoms with Crippen molar-refractivity contribution < 1.29 is 41.7 Å². The number of rotatable bonds is 6. The molecule has 0 aliphatic carbocycles. The van der Waals surface area contributed by atoms with E-state index in [9.17, 15) is 31.9 Å². The number of aromatic nitrogens is 1. The van der Waals surface area contributed by atoms with Crippen LogP contribution >= 0.6 is 11.6 Å². The lowest BCUT2D eigenvalue weighted by Crippen LogP contribution is -2.38. The summed E-state index contributed by atoms with van der Waals surface area (Å²) >= 11 is 6.13. The summed E-state index contributed by atoms with van der Waals surface area (Å²) in [5.74, 6) is -4.18. The van der Waals surface area contributed by atoms with Crippen molar-refractivity contribution in [3.8, 4) is 5.75 Å². The van der Waals surface area contributed by atoms with Crippen LogP contribution in [0, 0.1) is 0 Å². The molecule has 190 valence electrons. The maximum Gasteiger partial charge on any atom is 0.419 e. The number of aliphatic hydroxyl groups is 2. The third-order valence-electron chi connectivity index (χ3n) is 5.38. The van der Waals surface area contributed by atoms with Gasteiger partial charge in [0, 0.05) is 36.6 Å². The van der Waals surface area contributed by atoms with Gasteiger partial charge in [0.1, 0.15) is 11.9 Å². The van der Waals surface area contributed by atoms with Crippen LogP contribution in [0.25, 0.3) is 5.57 Å². The van der Waals surface area contributed by atoms with E-state index in [0.29, 0.717) is 5.57 Å². The molecule has 0 fully saturated rings. The van der Waals surface area contributed by atoms with Gasteiger partial charge in [0.25, 0.3) is 0 Å². The number of hydrogen-bond donors (Lipinski definition) is 3. The number of nitrogens with zero attached hydrogens (tertiary/aromatic N) is 2. The van der Waals surface area contributed by atoms with Crippen LogP contribution in [-0.4, -0.2) is 59.0 Å². The predicted octanol–water partition coefficient (Wildman–Crippen LogP) is 4.53. The predicted molar refractivity (Wildman–Crippen MR) is 117 cm³/mol. The van der Waals surface area contributed by atoms with E-state index in [2.05, 4.69) is 10.3 Å². The largest absolute Gasteiger partial charge is 0.496 e. The van der Waals surface area contributed by atoms with Crippen LogP contribution < -0.4 is 10.1 Å². The highest BCUT2D eigenvalue weighted by Crippen LogP contribution is 2.38. The number of pyridine rings is 1. The molecule has 7 nitrogen and oxygen atoms in total. The number of halogens is 6. The molecule has 1 aromatic heterocycles. The Balaban J connectivity index is 1.70. The number of methoxy groups -OCH3 is 1. The van der Waals surface area contributed by atoms with Crippen molar-refractivity contribution in [3.05, 3.63) is 58.4 Å². The van der Waals surface area contributed by atoms with Gasteiger partial charge in [-0.15, -0.1) is 0 Å². The number of urea groups is 1. The summed E-state index contributed by atoms with van der Waals surface area (Å²) in [5, 5.41) is 20.6. The lowest BCUT2D eigenvalue weighted by atomic mass is 10.0. The zero-order chi connectivity index (χ0) is 26.0. The monoisotopic (exact) mass is 521 g/mol. The van der Waals surface area contributed by atoms with Crippen LogP contribution in [0.3, 0.4) is 0 Å². The molecule has 2 heterocycles. The number of amides is 2. The summed E-state index contributed by atoms with van der Waals surface area (Å²) < 4.78 is 72.0. The summed E-state index contributed by atoms with van der Waals surface area (Å²) in [7, 11) is 1.09. The molecule has 0 unspecified atom stereocenters. The number of nitrogens with one attached hydrogen (secondary N) is 1. The van der Waals surface area contributed by atoms with Gasteiger partial charge in [-0.05, 0) is 30.2 Å². The second-order valence-electron chi connectivity index (χ2n) is 7.64. The Morgan fingerprint density at radius 3 is 2.54 bits per heavy atom. The van der Waals surface area contributed by atoms with Crippen molar-refractivity contribution in [2.75, 3.05) is 32.1 Å². The van der Waals surface area contributed by atoms with E-state index < -0.39 is 47.7 Å². The smallest absolute Gasteiger partial charge is 0.419 e. The van der Waals surface area contributed by atoms with Gasteiger partial charge in [0.15, 0.2) is 0 Å². The van der Waals surface area contributed by atoms with Gasteiger partial charge in [-0.1, -0.05) is 17.7 Å². The molecule has 3 N–H and O–H groups in total. The van der Waals surface area contributed by atoms with Crippen molar-refractivity contribution in [3.63, 3.8) is 0 Å². The maximum absolute atomic E-state index is 14.1. The normalized spacial score (nSPS) is 15.5. The van der Waals surface area contributed by atoms with Crippen LogP contribution in [-0.2, 0) is 12.1 Å². The Hall–Kier alpha value is -2.96. The molecule has 0 saturated heterocycles. The number of hydrogen-bond acceptors (Lipinski definition) is 5. The lowest BCUT2D eigenvalue weighted by Gasteiger charge is -2.27. The SMILES string of the molecule is COc1cc(NC(=O)N2CC=C(c3ncc(C(F)(F)[C@@H](O)CO)cc3Cl)CC2)ccc1C(F)(F)F. The van der Waals surface area contributed by atoms with Gasteiger partial charge in [0.2, 0.25) is 0 Å². The van der Waals surface area contributed by atoms with Gasteiger partial charge in [-0.3, -0.25) is 4.98 Å². The molecule has 1 aliphatic heterocycles. The van der Waals surface area contributed by atoms with E-state index in [1.54, 1.807) is 6.08 Å². The van der Waals surface area contributed by atoms with Crippen LogP contribution in [0.15, 0.2) is 36.5 Å². The first-order valence-corrected chi connectivity index (χ1v) is 10.6. The van der Waals surface area contributed by atoms with E-state index >= 15 is 0 Å². The van der Waals surface area contributed by atoms with E-state index in [1.165, 1.54) is 4.90 Å². The van der Waals surface area contributed by atoms with Gasteiger partial charge < -0.3 is 25.2 Å². The molecular weight excluding hydrogens is 501 g/mol. The number of aliphatic hydroxyl groups excluding tert-OH is 2. The molecule has 3 rings (SSSR count). The minimum atomic E-state index is -4.61. The summed E-state index contributed by atoms with van der Waals surface area (Å²) in [4.78, 5) is 17.9. The van der Waals surface area contributed by atoms with E-state index in [0.717, 1.165) is 37.6 Å². The first kappa shape index (κ1) is 26.6. The first-order chi connectivity index (χ1) is 16.4. The second-order valence-corrected chi connectivity index (χ2v) is 8.05. The fraction of sp³-hybridized carbons (Fsp3) is 0.364. The molecule has 2 amide bonds. The maximum atomic E-state index is 14.1. The lowest BCUT2D eigenvalue weighted by molar-refractivity contribution is -0.138. The Morgan fingerprint density at radius 1 is 1.29 bits per heavy atom. The summed E-state index contributed by atoms with van der Waals surface area (Å²) in [6.45, 7) is -0.832. The highest BCUT2D eigenvalue weighted by molar-refractivity contribution is 6.32. The van der Waals surface area contributed by atoms with Crippen molar-refractivity contribution in [2.24, 2.45) is 0 Å². The Kier molecular flexibility index (Phi) is 7.87. The number of benzene rings is 1. The molecule has 0 bridgehead atoms. The number of alkyl halides is 5. The zero-order valence-electron chi connectivity index (χ0n) is 18.2. The highest BCUT2D eigenvalue weighted by atomic mass is 35.5. The average Bonchev–Trinajstić information content (AvgIpc) is 2.82. The van der Waals surface area contributed by atoms with E-state index in [4.69, 9.17) is 21.4 Å². The topological polar surface area (TPSA) is 94.9 Å². The molecule has 1 atom stereocenters. The van der Waals surface area contributed by atoms with Crippen LogP contribution in [0.2, 0.25) is 5.02 Å². The van der Waals surface area contributed by atoms with Gasteiger partial charge >= 0.3 is 18.1 Å². The Morgan fingerprint density at radius 2 is 2.00 bits per heavy atom. The van der Waals surface area contributed by atoms with Crippen molar-refractivity contribution in [1.29, 1.82) is 0 Å². The van der Waals surface area contributed by atoms with Crippen molar-refractivity contribution >= 4 is 28.9 Å². The molecule has 0 radical (unpaired) electrons. The highest BCUT2D eigenvalue weighted by Gasteiger charge is 2.41. The minimum absolute atomic E-state index is 0.0895. The molecule has 0 saturated carbocycles. The number of ether oxygens (including phenoxy) is 1. The molecule has 1 aromatic carbocycles. The summed E-state index contributed by atoms with van der Waals surface area (Å²) in [6, 6.07) is 3.39. The van der Waals surface area contributed by atoms with E-state index in [-0.39, 0.29) is 35.9 Å². The van der Waals surface area contributed by atoms with Crippen molar-refractivity contribution in [1.82, 2.24) is 9.88 Å². The fourth-order valence-corrected chi connectivity index (χ4v) is 3.73. The van der Waals surface area contributed by atoms with Gasteiger partial charge in [-0.2, -0.15) is 22.0 Å². The molecule has 13 heteroatoms. The molecule has 2 aromatic rings. The first-order valence-electron chi connectivity index (χ1n) is 10.2. The number of carbonyl (C=O) groups is 1. The van der Waals surface area contributed by atoms with Crippen molar-refractivity contribution in [2.45, 2.75) is 24.6 Å². The third kappa shape index (κ3) is 5.82. The molecule has 0 spiro atoms. The fourth-order valence-electron chi connectivity index (χ4n) is 3.44. The molecule has 1 aliphatic rings. The molecular formula is C22H21ClF5N3O4. The molecule has 35 heavy (non-hydrogen) atoms. The summed E-state index contributed by atoms with van der Waals surface area (Å²) in [6.07, 6.45) is -4.14. The quantitative estimate of drug-likeness (QED) is 0.486. The van der Waals surface area contributed by atoms with E-state index in [1.807, 2.05) is 0 Å². The standard InChI is InChI=1S/C22H21ClF5N3O4/c1-35-17-9-14(2-3-15(17)22(26,27)28)30-20(34)31-6-4-12(5-7-31)19-16(23)8-13(10-29-19)21(24,25)18(33)11-32/h2-4,8-10,18,32-33H,5-7,11H2,1H3,(H,30,34)/t18-/m0/s1. The number of carbonyl (C=O) groups excluding carboxylic acids is 1. The zero-order valence-corrected chi connectivity index (χ0v) is 19.0. The minimum Gasteiger partial charge on any atom is -0.496 e. The third-order valence-corrected chi connectivity index (χ3v) is 5.66. The van der Waals surface area contributed by atoms with Crippen LogP contribution in [0.4, 0.5) is 32.4 Å². The van der Waals surface area contributed by atoms with Crippen LogP contribution in [0.5, 0.6) is 5.75 Å². The Bertz CT molecular complexity index is 1130. The van der Waals surface area contributed by atoms with Crippen LogP contribution in [0.1, 0.15) is 23.2 Å².